The zero-order valence-electron chi connectivity index (χ0n) is 16.0. The number of esters is 1. The molecule has 0 unspecified atom stereocenters. The number of carbonyl (C=O) groups is 2. The lowest BCUT2D eigenvalue weighted by molar-refractivity contribution is -0.139. The number of nitrogens with one attached hydrogen (secondary N) is 3. The summed E-state index contributed by atoms with van der Waals surface area (Å²) in [5, 5.41) is 9.89. The first-order chi connectivity index (χ1) is 13.9. The summed E-state index contributed by atoms with van der Waals surface area (Å²) >= 11 is 12.2. The first kappa shape index (κ1) is 21.0. The standard InChI is InChI=1S/C21H21Cl2N3O3/c1-3-29-20(27)18-17(11-24-15-9-4-12(2)16(23)10-15)25-21(28)26-19(18)13-5-7-14(22)8-6-13/h4-10,19,24H,3,11H2,1-2H3,(H2,25,26,28)/t19-/m1/s1. The number of rotatable bonds is 6. The van der Waals surface area contributed by atoms with E-state index in [1.807, 2.05) is 19.1 Å². The molecule has 0 aromatic heterocycles. The van der Waals surface area contributed by atoms with Gasteiger partial charge in [0.05, 0.1) is 30.5 Å². The number of carbonyl (C=O) groups excluding carboxylic acids is 2. The minimum atomic E-state index is -0.654. The third-order valence-corrected chi connectivity index (χ3v) is 5.15. The van der Waals surface area contributed by atoms with Crippen LogP contribution in [0.2, 0.25) is 10.0 Å². The van der Waals surface area contributed by atoms with Gasteiger partial charge in [0.15, 0.2) is 0 Å². The van der Waals surface area contributed by atoms with Crippen LogP contribution in [0, 0.1) is 6.92 Å². The third kappa shape index (κ3) is 5.02. The van der Waals surface area contributed by atoms with Crippen molar-refractivity contribution >= 4 is 40.9 Å². The maximum absolute atomic E-state index is 12.7. The van der Waals surface area contributed by atoms with E-state index in [1.54, 1.807) is 37.3 Å². The summed E-state index contributed by atoms with van der Waals surface area (Å²) in [5.74, 6) is -0.501. The molecule has 1 heterocycles. The van der Waals surface area contributed by atoms with Crippen molar-refractivity contribution in [1.29, 1.82) is 0 Å². The molecule has 29 heavy (non-hydrogen) atoms. The molecule has 1 aliphatic rings. The minimum absolute atomic E-state index is 0.213. The monoisotopic (exact) mass is 433 g/mol. The van der Waals surface area contributed by atoms with E-state index in [4.69, 9.17) is 27.9 Å². The van der Waals surface area contributed by atoms with Crippen molar-refractivity contribution in [3.8, 4) is 0 Å². The van der Waals surface area contributed by atoms with Crippen LogP contribution in [0.1, 0.15) is 24.1 Å². The molecule has 3 rings (SSSR count). The molecule has 0 spiro atoms. The van der Waals surface area contributed by atoms with Crippen molar-refractivity contribution in [2.24, 2.45) is 0 Å². The van der Waals surface area contributed by atoms with E-state index in [0.717, 1.165) is 16.8 Å². The number of anilines is 1. The molecular formula is C21H21Cl2N3O3. The zero-order chi connectivity index (χ0) is 21.0. The Balaban J connectivity index is 1.95. The van der Waals surface area contributed by atoms with Crippen LogP contribution >= 0.6 is 23.2 Å². The lowest BCUT2D eigenvalue weighted by Gasteiger charge is -2.29. The number of ether oxygens (including phenoxy) is 1. The number of halogens is 2. The van der Waals surface area contributed by atoms with Crippen LogP contribution < -0.4 is 16.0 Å². The first-order valence-electron chi connectivity index (χ1n) is 9.12. The second-order valence-corrected chi connectivity index (χ2v) is 7.36. The maximum atomic E-state index is 12.7. The Bertz CT molecular complexity index is 958. The molecule has 6 nitrogen and oxygen atoms in total. The Labute approximate surface area is 179 Å². The molecule has 3 N–H and O–H groups in total. The quantitative estimate of drug-likeness (QED) is 0.582. The molecule has 1 aliphatic heterocycles. The molecule has 1 atom stereocenters. The van der Waals surface area contributed by atoms with Crippen molar-refractivity contribution in [3.63, 3.8) is 0 Å². The van der Waals surface area contributed by atoms with E-state index in [-0.39, 0.29) is 13.2 Å². The van der Waals surface area contributed by atoms with Crippen LogP contribution in [-0.4, -0.2) is 25.2 Å². The van der Waals surface area contributed by atoms with Crippen LogP contribution in [0.3, 0.4) is 0 Å². The number of aryl methyl sites for hydroxylation is 1. The SMILES string of the molecule is CCOC(=O)C1=C(CNc2ccc(C)c(Cl)c2)NC(=O)N[C@@H]1c1ccc(Cl)cc1. The average Bonchev–Trinajstić information content (AvgIpc) is 2.69. The average molecular weight is 434 g/mol. The van der Waals surface area contributed by atoms with Crippen LogP contribution in [0.25, 0.3) is 0 Å². The van der Waals surface area contributed by atoms with Gasteiger partial charge in [-0.15, -0.1) is 0 Å². The number of hydrogen-bond donors (Lipinski definition) is 3. The van der Waals surface area contributed by atoms with Gasteiger partial charge in [-0.1, -0.05) is 41.4 Å². The van der Waals surface area contributed by atoms with Gasteiger partial charge in [0.1, 0.15) is 0 Å². The third-order valence-electron chi connectivity index (χ3n) is 4.49. The zero-order valence-corrected chi connectivity index (χ0v) is 17.5. The first-order valence-corrected chi connectivity index (χ1v) is 9.87. The summed E-state index contributed by atoms with van der Waals surface area (Å²) in [6.07, 6.45) is 0. The maximum Gasteiger partial charge on any atom is 0.338 e. The Hall–Kier alpha value is -2.70. The number of benzene rings is 2. The van der Waals surface area contributed by atoms with Gasteiger partial charge in [-0.25, -0.2) is 9.59 Å². The predicted octanol–water partition coefficient (Wildman–Crippen LogP) is 4.59. The second kappa shape index (κ2) is 9.20. The highest BCUT2D eigenvalue weighted by Crippen LogP contribution is 2.29. The largest absolute Gasteiger partial charge is 0.463 e. The van der Waals surface area contributed by atoms with Crippen molar-refractivity contribution < 1.29 is 14.3 Å². The molecular weight excluding hydrogens is 413 g/mol. The smallest absolute Gasteiger partial charge is 0.338 e. The summed E-state index contributed by atoms with van der Waals surface area (Å²) < 4.78 is 5.25. The summed E-state index contributed by atoms with van der Waals surface area (Å²) in [6, 6.07) is 11.5. The Morgan fingerprint density at radius 2 is 1.90 bits per heavy atom. The van der Waals surface area contributed by atoms with Gasteiger partial charge in [-0.3, -0.25) is 0 Å². The molecule has 0 saturated heterocycles. The summed E-state index contributed by atoms with van der Waals surface area (Å²) in [7, 11) is 0. The lowest BCUT2D eigenvalue weighted by atomic mass is 9.95. The molecule has 0 bridgehead atoms. The Morgan fingerprint density at radius 1 is 1.17 bits per heavy atom. The molecule has 0 fully saturated rings. The summed E-state index contributed by atoms with van der Waals surface area (Å²) in [4.78, 5) is 25.0. The van der Waals surface area contributed by atoms with E-state index in [2.05, 4.69) is 16.0 Å². The van der Waals surface area contributed by atoms with Crippen molar-refractivity contribution in [3.05, 3.63) is 74.9 Å². The van der Waals surface area contributed by atoms with Gasteiger partial charge in [0.2, 0.25) is 0 Å². The van der Waals surface area contributed by atoms with E-state index < -0.39 is 18.0 Å². The van der Waals surface area contributed by atoms with Gasteiger partial charge in [0.25, 0.3) is 0 Å². The van der Waals surface area contributed by atoms with E-state index >= 15 is 0 Å². The van der Waals surface area contributed by atoms with Crippen LogP contribution in [-0.2, 0) is 9.53 Å². The van der Waals surface area contributed by atoms with E-state index in [0.29, 0.717) is 21.3 Å². The summed E-state index contributed by atoms with van der Waals surface area (Å²) in [5.41, 5.74) is 3.22. The predicted molar refractivity (Wildman–Crippen MR) is 114 cm³/mol. The molecule has 2 amide bonds. The molecule has 2 aromatic carbocycles. The van der Waals surface area contributed by atoms with E-state index in [1.165, 1.54) is 0 Å². The van der Waals surface area contributed by atoms with Gasteiger partial charge >= 0.3 is 12.0 Å². The molecule has 0 saturated carbocycles. The fourth-order valence-electron chi connectivity index (χ4n) is 3.01. The molecule has 0 radical (unpaired) electrons. The van der Waals surface area contributed by atoms with Gasteiger partial charge < -0.3 is 20.7 Å². The second-order valence-electron chi connectivity index (χ2n) is 6.51. The van der Waals surface area contributed by atoms with Crippen LogP contribution in [0.4, 0.5) is 10.5 Å². The van der Waals surface area contributed by atoms with Crippen molar-refractivity contribution in [2.75, 3.05) is 18.5 Å². The van der Waals surface area contributed by atoms with Crippen molar-refractivity contribution in [2.45, 2.75) is 19.9 Å². The van der Waals surface area contributed by atoms with Gasteiger partial charge in [0, 0.05) is 15.7 Å². The highest BCUT2D eigenvalue weighted by molar-refractivity contribution is 6.31. The highest BCUT2D eigenvalue weighted by atomic mass is 35.5. The lowest BCUT2D eigenvalue weighted by Crippen LogP contribution is -2.47. The normalized spacial score (nSPS) is 16.1. The van der Waals surface area contributed by atoms with Crippen LogP contribution in [0.15, 0.2) is 53.7 Å². The number of hydrogen-bond acceptors (Lipinski definition) is 4. The number of amides is 2. The van der Waals surface area contributed by atoms with Crippen LogP contribution in [0.5, 0.6) is 0 Å². The van der Waals surface area contributed by atoms with Gasteiger partial charge in [-0.2, -0.15) is 0 Å². The Kier molecular flexibility index (Phi) is 6.67. The number of urea groups is 1. The molecule has 8 heteroatoms. The topological polar surface area (TPSA) is 79.5 Å². The molecule has 152 valence electrons. The fraction of sp³-hybridized carbons (Fsp3) is 0.238. The Morgan fingerprint density at radius 3 is 2.55 bits per heavy atom. The fourth-order valence-corrected chi connectivity index (χ4v) is 3.31. The molecule has 2 aromatic rings. The summed E-state index contributed by atoms with van der Waals surface area (Å²) in [6.45, 7) is 4.08. The van der Waals surface area contributed by atoms with Crippen molar-refractivity contribution in [1.82, 2.24) is 10.6 Å². The minimum Gasteiger partial charge on any atom is -0.463 e. The van der Waals surface area contributed by atoms with Gasteiger partial charge in [-0.05, 0) is 49.2 Å². The highest BCUT2D eigenvalue weighted by Gasteiger charge is 2.33. The molecule has 0 aliphatic carbocycles. The van der Waals surface area contributed by atoms with E-state index in [9.17, 15) is 9.59 Å².